The molecule has 0 bridgehead atoms. The molecule has 0 radical (unpaired) electrons. The molecular formula is C14H13BrFNO. The normalized spacial score (nSPS) is 10.4. The molecule has 0 amide bonds. The molecule has 2 nitrogen and oxygen atoms in total. The quantitative estimate of drug-likeness (QED) is 0.931. The van der Waals surface area contributed by atoms with Crippen molar-refractivity contribution in [2.45, 2.75) is 6.61 Å². The van der Waals surface area contributed by atoms with E-state index in [4.69, 9.17) is 0 Å². The minimum atomic E-state index is -0.285. The van der Waals surface area contributed by atoms with E-state index in [0.717, 1.165) is 15.7 Å². The van der Waals surface area contributed by atoms with E-state index < -0.39 is 0 Å². The Balaban J connectivity index is 2.46. The number of hydrogen-bond acceptors (Lipinski definition) is 2. The molecule has 0 heterocycles. The van der Waals surface area contributed by atoms with Crippen LogP contribution >= 0.6 is 15.9 Å². The summed E-state index contributed by atoms with van der Waals surface area (Å²) < 4.78 is 14.6. The molecule has 0 aliphatic carbocycles. The maximum atomic E-state index is 13.7. The molecule has 94 valence electrons. The van der Waals surface area contributed by atoms with Gasteiger partial charge in [-0.3, -0.25) is 0 Å². The molecule has 0 spiro atoms. The smallest absolute Gasteiger partial charge is 0.146 e. The van der Waals surface area contributed by atoms with Crippen molar-refractivity contribution in [3.05, 3.63) is 58.3 Å². The number of nitrogens with zero attached hydrogens (tertiary/aromatic N) is 1. The van der Waals surface area contributed by atoms with Crippen LogP contribution in [-0.2, 0) is 6.61 Å². The lowest BCUT2D eigenvalue weighted by atomic mass is 10.1. The first-order valence-corrected chi connectivity index (χ1v) is 6.30. The van der Waals surface area contributed by atoms with Gasteiger partial charge in [0.25, 0.3) is 0 Å². The highest BCUT2D eigenvalue weighted by atomic mass is 79.9. The second-order valence-electron chi connectivity index (χ2n) is 3.94. The largest absolute Gasteiger partial charge is 0.392 e. The van der Waals surface area contributed by atoms with E-state index >= 15 is 0 Å². The first kappa shape index (κ1) is 13.1. The molecule has 0 saturated carbocycles. The van der Waals surface area contributed by atoms with Crippen molar-refractivity contribution in [2.24, 2.45) is 0 Å². The summed E-state index contributed by atoms with van der Waals surface area (Å²) >= 11 is 3.35. The predicted octanol–water partition coefficient (Wildman–Crippen LogP) is 3.85. The summed E-state index contributed by atoms with van der Waals surface area (Å²) in [6.07, 6.45) is 0. The Morgan fingerprint density at radius 3 is 2.56 bits per heavy atom. The highest BCUT2D eigenvalue weighted by molar-refractivity contribution is 9.10. The molecule has 4 heteroatoms. The summed E-state index contributed by atoms with van der Waals surface area (Å²) in [5.41, 5.74) is 2.01. The highest BCUT2D eigenvalue weighted by Crippen LogP contribution is 2.30. The van der Waals surface area contributed by atoms with Gasteiger partial charge >= 0.3 is 0 Å². The van der Waals surface area contributed by atoms with Crippen LogP contribution in [0.25, 0.3) is 0 Å². The van der Waals surface area contributed by atoms with E-state index in [1.807, 2.05) is 18.2 Å². The fourth-order valence-corrected chi connectivity index (χ4v) is 2.27. The van der Waals surface area contributed by atoms with Gasteiger partial charge in [-0.2, -0.15) is 0 Å². The molecule has 0 aliphatic heterocycles. The lowest BCUT2D eigenvalue weighted by molar-refractivity contribution is 0.282. The van der Waals surface area contributed by atoms with Crippen LogP contribution in [0.1, 0.15) is 5.56 Å². The third kappa shape index (κ3) is 2.54. The Bertz CT molecular complexity index is 559. The van der Waals surface area contributed by atoms with E-state index in [0.29, 0.717) is 5.69 Å². The Kier molecular flexibility index (Phi) is 3.99. The van der Waals surface area contributed by atoms with Gasteiger partial charge in [-0.1, -0.05) is 28.1 Å². The van der Waals surface area contributed by atoms with Crippen LogP contribution in [0, 0.1) is 5.82 Å². The molecule has 0 saturated heterocycles. The minimum absolute atomic E-state index is 0.0897. The van der Waals surface area contributed by atoms with Crippen LogP contribution in [0.15, 0.2) is 46.9 Å². The maximum Gasteiger partial charge on any atom is 0.146 e. The van der Waals surface area contributed by atoms with Crippen molar-refractivity contribution in [3.63, 3.8) is 0 Å². The lowest BCUT2D eigenvalue weighted by Gasteiger charge is -2.22. The molecule has 0 aliphatic rings. The zero-order valence-electron chi connectivity index (χ0n) is 9.90. The topological polar surface area (TPSA) is 23.5 Å². The monoisotopic (exact) mass is 309 g/mol. The molecule has 0 fully saturated rings. The standard InChI is InChI=1S/C14H13BrFNO/c1-17(14-5-3-2-4-12(14)16)13-7-6-11(15)8-10(13)9-18/h2-8,18H,9H2,1H3. The van der Waals surface area contributed by atoms with Gasteiger partial charge in [-0.25, -0.2) is 4.39 Å². The van der Waals surface area contributed by atoms with Crippen molar-refractivity contribution in [1.29, 1.82) is 0 Å². The number of para-hydroxylation sites is 1. The Labute approximate surface area is 114 Å². The fraction of sp³-hybridized carbons (Fsp3) is 0.143. The molecule has 2 aromatic carbocycles. The van der Waals surface area contributed by atoms with Crippen molar-refractivity contribution in [1.82, 2.24) is 0 Å². The molecule has 0 atom stereocenters. The fourth-order valence-electron chi connectivity index (χ4n) is 1.86. The van der Waals surface area contributed by atoms with E-state index in [9.17, 15) is 9.50 Å². The summed E-state index contributed by atoms with van der Waals surface area (Å²) in [7, 11) is 1.78. The van der Waals surface area contributed by atoms with Crippen LogP contribution in [0.5, 0.6) is 0 Å². The zero-order valence-corrected chi connectivity index (χ0v) is 11.5. The average Bonchev–Trinajstić information content (AvgIpc) is 2.38. The van der Waals surface area contributed by atoms with Crippen LogP contribution in [0.3, 0.4) is 0 Å². The van der Waals surface area contributed by atoms with Crippen molar-refractivity contribution in [3.8, 4) is 0 Å². The summed E-state index contributed by atoms with van der Waals surface area (Å²) in [6.45, 7) is -0.0897. The number of halogens is 2. The van der Waals surface area contributed by atoms with E-state index in [1.165, 1.54) is 6.07 Å². The summed E-state index contributed by atoms with van der Waals surface area (Å²) in [4.78, 5) is 1.73. The van der Waals surface area contributed by atoms with Crippen molar-refractivity contribution >= 4 is 27.3 Å². The van der Waals surface area contributed by atoms with E-state index in [-0.39, 0.29) is 12.4 Å². The molecule has 0 unspecified atom stereocenters. The number of aliphatic hydroxyl groups is 1. The zero-order chi connectivity index (χ0) is 13.1. The van der Waals surface area contributed by atoms with Crippen LogP contribution in [-0.4, -0.2) is 12.2 Å². The second kappa shape index (κ2) is 5.50. The van der Waals surface area contributed by atoms with Gasteiger partial charge in [0.15, 0.2) is 0 Å². The number of hydrogen-bond donors (Lipinski definition) is 1. The predicted molar refractivity (Wildman–Crippen MR) is 74.5 cm³/mol. The summed E-state index contributed by atoms with van der Waals surface area (Å²) in [6, 6.07) is 12.1. The lowest BCUT2D eigenvalue weighted by Crippen LogP contribution is -2.13. The summed E-state index contributed by atoms with van der Waals surface area (Å²) in [5, 5.41) is 9.37. The molecule has 2 aromatic rings. The molecule has 0 aromatic heterocycles. The van der Waals surface area contributed by atoms with Crippen LogP contribution in [0.2, 0.25) is 0 Å². The average molecular weight is 310 g/mol. The van der Waals surface area contributed by atoms with Gasteiger partial charge in [0.05, 0.1) is 12.3 Å². The van der Waals surface area contributed by atoms with Crippen molar-refractivity contribution in [2.75, 3.05) is 11.9 Å². The number of aliphatic hydroxyl groups excluding tert-OH is 1. The van der Waals surface area contributed by atoms with E-state index in [2.05, 4.69) is 15.9 Å². The van der Waals surface area contributed by atoms with Gasteiger partial charge < -0.3 is 10.0 Å². The van der Waals surface area contributed by atoms with E-state index in [1.54, 1.807) is 30.1 Å². The Hall–Kier alpha value is -1.39. The van der Waals surface area contributed by atoms with Gasteiger partial charge in [0.2, 0.25) is 0 Å². The maximum absolute atomic E-state index is 13.7. The minimum Gasteiger partial charge on any atom is -0.392 e. The van der Waals surface area contributed by atoms with Crippen molar-refractivity contribution < 1.29 is 9.50 Å². The number of rotatable bonds is 3. The van der Waals surface area contributed by atoms with Gasteiger partial charge in [-0.05, 0) is 30.3 Å². The third-order valence-corrected chi connectivity index (χ3v) is 3.28. The first-order chi connectivity index (χ1) is 8.63. The highest BCUT2D eigenvalue weighted by Gasteiger charge is 2.12. The Morgan fingerprint density at radius 1 is 1.17 bits per heavy atom. The molecule has 2 rings (SSSR count). The van der Waals surface area contributed by atoms with Gasteiger partial charge in [-0.15, -0.1) is 0 Å². The van der Waals surface area contributed by atoms with Crippen LogP contribution in [0.4, 0.5) is 15.8 Å². The summed E-state index contributed by atoms with van der Waals surface area (Å²) in [5.74, 6) is -0.285. The molecule has 18 heavy (non-hydrogen) atoms. The van der Waals surface area contributed by atoms with Gasteiger partial charge in [0, 0.05) is 22.8 Å². The number of anilines is 2. The molecular weight excluding hydrogens is 297 g/mol. The Morgan fingerprint density at radius 2 is 1.89 bits per heavy atom. The first-order valence-electron chi connectivity index (χ1n) is 5.51. The van der Waals surface area contributed by atoms with Crippen LogP contribution < -0.4 is 4.90 Å². The number of benzene rings is 2. The molecule has 1 N–H and O–H groups in total. The van der Waals surface area contributed by atoms with Gasteiger partial charge in [0.1, 0.15) is 5.82 Å². The third-order valence-electron chi connectivity index (χ3n) is 2.79. The SMILES string of the molecule is CN(c1ccccc1F)c1ccc(Br)cc1CO. The second-order valence-corrected chi connectivity index (χ2v) is 4.86.